The summed E-state index contributed by atoms with van der Waals surface area (Å²) in [4.78, 5) is 20.5. The van der Waals surface area contributed by atoms with Gasteiger partial charge in [-0.1, -0.05) is 6.58 Å². The van der Waals surface area contributed by atoms with E-state index >= 15 is 0 Å². The third-order valence-electron chi connectivity index (χ3n) is 4.53. The third kappa shape index (κ3) is 4.69. The number of ether oxygens (including phenoxy) is 1. The van der Waals surface area contributed by atoms with E-state index in [1.807, 2.05) is 6.08 Å². The SMILES string of the molecule is C=CC(=O)Nc1ccc(F)c(Nc2nc(Nc3cnn(C)c3)ncc2C2C=COC2)c1. The van der Waals surface area contributed by atoms with Crippen LogP contribution in [0.25, 0.3) is 0 Å². The summed E-state index contributed by atoms with van der Waals surface area (Å²) in [5, 5.41) is 12.8. The Balaban J connectivity index is 1.67. The lowest BCUT2D eigenvalue weighted by atomic mass is 10.0. The average molecular weight is 421 g/mol. The number of nitrogens with zero attached hydrogens (tertiary/aromatic N) is 4. The summed E-state index contributed by atoms with van der Waals surface area (Å²) in [6.07, 6.45) is 9.73. The second-order valence-electron chi connectivity index (χ2n) is 6.81. The van der Waals surface area contributed by atoms with Crippen molar-refractivity contribution in [2.24, 2.45) is 7.05 Å². The van der Waals surface area contributed by atoms with Crippen molar-refractivity contribution in [3.05, 3.63) is 73.2 Å². The predicted molar refractivity (Wildman–Crippen MR) is 115 cm³/mol. The zero-order valence-electron chi connectivity index (χ0n) is 16.7. The van der Waals surface area contributed by atoms with Gasteiger partial charge in [-0.15, -0.1) is 0 Å². The van der Waals surface area contributed by atoms with Gasteiger partial charge in [0.15, 0.2) is 0 Å². The van der Waals surface area contributed by atoms with Gasteiger partial charge in [0.1, 0.15) is 11.6 Å². The molecule has 3 aromatic rings. The molecule has 3 N–H and O–H groups in total. The Hall–Kier alpha value is -4.21. The number of carbonyl (C=O) groups is 1. The highest BCUT2D eigenvalue weighted by Crippen LogP contribution is 2.32. The molecule has 10 heteroatoms. The molecule has 4 rings (SSSR count). The number of anilines is 5. The molecular weight excluding hydrogens is 401 g/mol. The van der Waals surface area contributed by atoms with E-state index < -0.39 is 11.7 Å². The Bertz CT molecular complexity index is 1160. The number of hydrogen-bond donors (Lipinski definition) is 3. The summed E-state index contributed by atoms with van der Waals surface area (Å²) >= 11 is 0. The highest BCUT2D eigenvalue weighted by atomic mass is 19.1. The molecule has 0 radical (unpaired) electrons. The van der Waals surface area contributed by atoms with Gasteiger partial charge in [-0.3, -0.25) is 9.48 Å². The van der Waals surface area contributed by atoms with Gasteiger partial charge in [0.2, 0.25) is 11.9 Å². The number of nitrogens with one attached hydrogen (secondary N) is 3. The van der Waals surface area contributed by atoms with Crippen molar-refractivity contribution in [3.8, 4) is 0 Å². The minimum Gasteiger partial charge on any atom is -0.501 e. The fourth-order valence-electron chi connectivity index (χ4n) is 3.02. The van der Waals surface area contributed by atoms with E-state index in [1.54, 1.807) is 36.6 Å². The molecule has 1 aliphatic rings. The smallest absolute Gasteiger partial charge is 0.247 e. The first-order valence-corrected chi connectivity index (χ1v) is 9.42. The lowest BCUT2D eigenvalue weighted by molar-refractivity contribution is -0.111. The molecule has 31 heavy (non-hydrogen) atoms. The number of rotatable bonds is 7. The predicted octanol–water partition coefficient (Wildman–Crippen LogP) is 3.59. The van der Waals surface area contributed by atoms with E-state index in [9.17, 15) is 9.18 Å². The Morgan fingerprint density at radius 3 is 2.90 bits per heavy atom. The number of benzene rings is 1. The second kappa shape index (κ2) is 8.66. The van der Waals surface area contributed by atoms with Gasteiger partial charge >= 0.3 is 0 Å². The van der Waals surface area contributed by atoms with E-state index in [-0.39, 0.29) is 11.6 Å². The van der Waals surface area contributed by atoms with E-state index in [4.69, 9.17) is 4.74 Å². The van der Waals surface area contributed by atoms with Gasteiger partial charge in [-0.2, -0.15) is 10.1 Å². The van der Waals surface area contributed by atoms with Crippen LogP contribution in [0.5, 0.6) is 0 Å². The van der Waals surface area contributed by atoms with Crippen LogP contribution in [0.1, 0.15) is 11.5 Å². The van der Waals surface area contributed by atoms with Gasteiger partial charge in [-0.25, -0.2) is 9.37 Å². The monoisotopic (exact) mass is 421 g/mol. The molecule has 0 saturated heterocycles. The number of halogens is 1. The van der Waals surface area contributed by atoms with Crippen molar-refractivity contribution < 1.29 is 13.9 Å². The third-order valence-corrected chi connectivity index (χ3v) is 4.53. The van der Waals surface area contributed by atoms with Gasteiger partial charge in [0.25, 0.3) is 0 Å². The highest BCUT2D eigenvalue weighted by molar-refractivity contribution is 5.99. The van der Waals surface area contributed by atoms with E-state index in [2.05, 4.69) is 37.6 Å². The van der Waals surface area contributed by atoms with Crippen LogP contribution in [-0.2, 0) is 16.6 Å². The van der Waals surface area contributed by atoms with E-state index in [0.717, 1.165) is 11.6 Å². The second-order valence-corrected chi connectivity index (χ2v) is 6.81. The largest absolute Gasteiger partial charge is 0.501 e. The first kappa shape index (κ1) is 20.1. The number of aromatic nitrogens is 4. The average Bonchev–Trinajstić information content (AvgIpc) is 3.43. The van der Waals surface area contributed by atoms with Gasteiger partial charge in [0.05, 0.1) is 30.4 Å². The van der Waals surface area contributed by atoms with Crippen molar-refractivity contribution >= 4 is 34.7 Å². The summed E-state index contributed by atoms with van der Waals surface area (Å²) < 4.78 is 21.5. The quantitative estimate of drug-likeness (QED) is 0.501. The van der Waals surface area contributed by atoms with Crippen LogP contribution in [0.15, 0.2) is 61.8 Å². The normalized spacial score (nSPS) is 14.7. The van der Waals surface area contributed by atoms with Crippen LogP contribution in [0.4, 0.5) is 33.2 Å². The fraction of sp³-hybridized carbons (Fsp3) is 0.143. The van der Waals surface area contributed by atoms with Crippen LogP contribution in [0, 0.1) is 5.82 Å². The maximum Gasteiger partial charge on any atom is 0.247 e. The summed E-state index contributed by atoms with van der Waals surface area (Å²) in [5.41, 5.74) is 2.02. The van der Waals surface area contributed by atoms with Crippen molar-refractivity contribution in [3.63, 3.8) is 0 Å². The lowest BCUT2D eigenvalue weighted by Crippen LogP contribution is -2.10. The molecule has 0 fully saturated rings. The van der Waals surface area contributed by atoms with Gasteiger partial charge in [0, 0.05) is 36.6 Å². The Kier molecular flexibility index (Phi) is 5.61. The summed E-state index contributed by atoms with van der Waals surface area (Å²) in [6.45, 7) is 3.85. The zero-order valence-corrected chi connectivity index (χ0v) is 16.7. The summed E-state index contributed by atoms with van der Waals surface area (Å²) in [7, 11) is 1.80. The number of carbonyl (C=O) groups excluding carboxylic acids is 1. The van der Waals surface area contributed by atoms with E-state index in [0.29, 0.717) is 29.7 Å². The fourth-order valence-corrected chi connectivity index (χ4v) is 3.02. The standard InChI is InChI=1S/C21H20FN7O2/c1-3-19(30)25-14-4-5-17(22)18(8-14)27-20-16(13-6-7-31-12-13)10-23-21(28-20)26-15-9-24-29(2)11-15/h3-11,13H,1,12H2,2H3,(H,25,30)(H2,23,26,27,28). The van der Waals surface area contributed by atoms with Crippen molar-refractivity contribution in [2.75, 3.05) is 22.6 Å². The van der Waals surface area contributed by atoms with Crippen LogP contribution in [0.3, 0.4) is 0 Å². The number of aryl methyl sites for hydroxylation is 1. The molecule has 0 spiro atoms. The molecule has 1 aliphatic heterocycles. The first-order chi connectivity index (χ1) is 15.0. The molecule has 9 nitrogen and oxygen atoms in total. The van der Waals surface area contributed by atoms with Crippen LogP contribution in [-0.4, -0.2) is 32.3 Å². The molecule has 1 aromatic carbocycles. The van der Waals surface area contributed by atoms with Gasteiger partial charge < -0.3 is 20.7 Å². The van der Waals surface area contributed by atoms with Crippen LogP contribution in [0.2, 0.25) is 0 Å². The van der Waals surface area contributed by atoms with Crippen LogP contribution >= 0.6 is 0 Å². The molecule has 0 saturated carbocycles. The zero-order chi connectivity index (χ0) is 21.8. The molecule has 1 amide bonds. The van der Waals surface area contributed by atoms with E-state index in [1.165, 1.54) is 18.2 Å². The number of amides is 1. The summed E-state index contributed by atoms with van der Waals surface area (Å²) in [5.74, 6) is -0.245. The topological polar surface area (TPSA) is 106 Å². The first-order valence-electron chi connectivity index (χ1n) is 9.42. The molecule has 2 aromatic heterocycles. The van der Waals surface area contributed by atoms with Gasteiger partial charge in [-0.05, 0) is 30.4 Å². The molecule has 1 unspecified atom stereocenters. The van der Waals surface area contributed by atoms with Crippen LogP contribution < -0.4 is 16.0 Å². The maximum atomic E-state index is 14.5. The molecular formula is C21H20FN7O2. The molecule has 3 heterocycles. The molecule has 0 bridgehead atoms. The molecule has 0 aliphatic carbocycles. The Morgan fingerprint density at radius 1 is 1.32 bits per heavy atom. The Morgan fingerprint density at radius 2 is 2.19 bits per heavy atom. The summed E-state index contributed by atoms with van der Waals surface area (Å²) in [6, 6.07) is 4.21. The highest BCUT2D eigenvalue weighted by Gasteiger charge is 2.20. The van der Waals surface area contributed by atoms with Crippen molar-refractivity contribution in [1.82, 2.24) is 19.7 Å². The van der Waals surface area contributed by atoms with Crippen molar-refractivity contribution in [1.29, 1.82) is 0 Å². The van der Waals surface area contributed by atoms with Crippen molar-refractivity contribution in [2.45, 2.75) is 5.92 Å². The Labute approximate surface area is 177 Å². The minimum absolute atomic E-state index is 0.0818. The number of hydrogen-bond acceptors (Lipinski definition) is 7. The lowest BCUT2D eigenvalue weighted by Gasteiger charge is -2.16. The maximum absolute atomic E-state index is 14.5. The minimum atomic E-state index is -0.499. The molecule has 158 valence electrons. The molecule has 1 atom stereocenters.